The van der Waals surface area contributed by atoms with Crippen LogP contribution in [0.5, 0.6) is 5.75 Å². The first-order chi connectivity index (χ1) is 44.5. The lowest BCUT2D eigenvalue weighted by atomic mass is 9.99. The van der Waals surface area contributed by atoms with E-state index < -0.39 is 127 Å². The second-order valence-electron chi connectivity index (χ2n) is 23.5. The Morgan fingerprint density at radius 2 is 1.11 bits per heavy atom. The molecule has 2 fully saturated rings. The van der Waals surface area contributed by atoms with Crippen molar-refractivity contribution in [1.29, 1.82) is 0 Å². The number of primary amides is 1. The molecule has 28 heteroatoms. The average Bonchev–Trinajstić information content (AvgIpc) is 1.80. The van der Waals surface area contributed by atoms with E-state index in [0.29, 0.717) is 39.6 Å². The van der Waals surface area contributed by atoms with Crippen molar-refractivity contribution in [2.75, 3.05) is 26.2 Å². The second-order valence-corrected chi connectivity index (χ2v) is 23.5. The number of phenols is 1. The van der Waals surface area contributed by atoms with Crippen LogP contribution in [0.3, 0.4) is 0 Å². The molecule has 18 N–H and O–H groups in total. The predicted octanol–water partition coefficient (Wildman–Crippen LogP) is -1.50. The van der Waals surface area contributed by atoms with E-state index in [0.717, 1.165) is 0 Å². The number of H-pyrrole nitrogens is 1. The maximum absolute atomic E-state index is 15.0. The van der Waals surface area contributed by atoms with Crippen molar-refractivity contribution in [2.24, 2.45) is 28.1 Å². The molecule has 93 heavy (non-hydrogen) atoms. The molecule has 0 bridgehead atoms. The minimum absolute atomic E-state index is 0.00451. The third-order valence-corrected chi connectivity index (χ3v) is 15.9. The average molecular weight is 1280 g/mol. The Morgan fingerprint density at radius 3 is 1.66 bits per heavy atom. The summed E-state index contributed by atoms with van der Waals surface area (Å²) in [6.07, 6.45) is 2.29. The monoisotopic (exact) mass is 1280 g/mol. The second kappa shape index (κ2) is 34.2. The van der Waals surface area contributed by atoms with Crippen LogP contribution in [0.1, 0.15) is 81.0 Å². The lowest BCUT2D eigenvalue weighted by Crippen LogP contribution is -2.61. The molecule has 0 aliphatic carbocycles. The van der Waals surface area contributed by atoms with Gasteiger partial charge in [-0.1, -0.05) is 105 Å². The van der Waals surface area contributed by atoms with E-state index in [2.05, 4.69) is 57.8 Å². The number of fused-ring (bicyclic) bond motifs is 1. The van der Waals surface area contributed by atoms with Crippen molar-refractivity contribution < 1.29 is 63.0 Å². The van der Waals surface area contributed by atoms with Gasteiger partial charge in [-0.3, -0.25) is 57.7 Å². The number of nitrogens with one attached hydrogen (secondary N) is 10. The van der Waals surface area contributed by atoms with Crippen LogP contribution in [-0.2, 0) is 78.4 Å². The molecule has 2 aliphatic heterocycles. The summed E-state index contributed by atoms with van der Waals surface area (Å²) in [4.78, 5) is 161. The fourth-order valence-electron chi connectivity index (χ4n) is 11.1. The van der Waals surface area contributed by atoms with E-state index in [9.17, 15) is 53.4 Å². The number of aromatic amines is 1. The number of carbonyl (C=O) groups is 11. The Hall–Kier alpha value is -10.4. The van der Waals surface area contributed by atoms with Crippen LogP contribution in [-0.4, -0.2) is 172 Å². The maximum atomic E-state index is 15.0. The summed E-state index contributed by atoms with van der Waals surface area (Å²) in [6, 6.07) is 18.3. The minimum Gasteiger partial charge on any atom is -0.508 e. The van der Waals surface area contributed by atoms with Gasteiger partial charge in [-0.05, 0) is 84.9 Å². The van der Waals surface area contributed by atoms with Gasteiger partial charge in [0.1, 0.15) is 60.1 Å². The lowest BCUT2D eigenvalue weighted by Gasteiger charge is -2.30. The number of hydrogen-bond donors (Lipinski definition) is 15. The molecular weight excluding hydrogens is 1200 g/mol. The normalized spacial score (nSPS) is 16.6. The number of aliphatic hydroxyl groups excluding tert-OH is 1. The number of aromatic nitrogens is 1. The number of amides is 11. The number of guanidine groups is 1. The van der Waals surface area contributed by atoms with Gasteiger partial charge >= 0.3 is 0 Å². The molecule has 2 saturated heterocycles. The van der Waals surface area contributed by atoms with E-state index in [-0.39, 0.29) is 101 Å². The first-order valence-electron chi connectivity index (χ1n) is 30.9. The van der Waals surface area contributed by atoms with Gasteiger partial charge < -0.3 is 85.1 Å². The van der Waals surface area contributed by atoms with Crippen LogP contribution >= 0.6 is 0 Å². The molecule has 5 aromatic rings. The van der Waals surface area contributed by atoms with Gasteiger partial charge in [-0.2, -0.15) is 0 Å². The van der Waals surface area contributed by atoms with Crippen LogP contribution in [0.4, 0.5) is 0 Å². The number of para-hydroxylation sites is 1. The summed E-state index contributed by atoms with van der Waals surface area (Å²) in [5.74, 6) is -8.85. The molecule has 9 atom stereocenters. The van der Waals surface area contributed by atoms with Gasteiger partial charge in [0, 0.05) is 62.3 Å². The van der Waals surface area contributed by atoms with Crippen LogP contribution in [0.25, 0.3) is 10.9 Å². The van der Waals surface area contributed by atoms with Crippen molar-refractivity contribution in [3.63, 3.8) is 0 Å². The van der Waals surface area contributed by atoms with Crippen molar-refractivity contribution in [1.82, 2.24) is 57.7 Å². The number of nitrogens with zero attached hydrogens (tertiary/aromatic N) is 2. The standard InChI is InChI=1S/C65H83N15O13/c1-37(2)29-47(57(86)73-46(19-11-27-69-65(67)68)64(93)80-28-12-20-53(80)63(92)71-35-54(66)83)74-61(90)51(33-41-34-70-44-18-10-9-17-43(41)44)78-59(88)50(32-40-21-23-42(82)24-22-40)77-62(91)52(36-81)79-60(89)49(31-39-15-7-4-8-16-39)76-58(87)48(30-38-13-5-3-6-14-38)75-56(85)45-25-26-55(84)72-45/h3-10,13-18,21-24,34,37,45-53,70,81-82H,11-12,19-20,25-33,35-36H2,1-2H3,(H2,66,83)(H,71,92)(H,72,84)(H,73,86)(H,74,90)(H,75,85)(H,76,87)(H,77,91)(H,78,88)(H,79,89)(H4,67,68,69)/t45-,46-,47-,48+,49+,50-,51+,52-,53-/m0/s1. The number of aliphatic imine (C=N–C) groups is 1. The Morgan fingerprint density at radius 1 is 0.602 bits per heavy atom. The third kappa shape index (κ3) is 21.1. The van der Waals surface area contributed by atoms with Gasteiger partial charge in [0.15, 0.2) is 5.96 Å². The van der Waals surface area contributed by atoms with E-state index in [1.54, 1.807) is 98.9 Å². The molecule has 0 saturated carbocycles. The number of hydrogen-bond acceptors (Lipinski definition) is 14. The molecule has 0 spiro atoms. The molecule has 2 aliphatic rings. The Kier molecular flexibility index (Phi) is 25.7. The highest BCUT2D eigenvalue weighted by molar-refractivity contribution is 6.00. The highest BCUT2D eigenvalue weighted by Crippen LogP contribution is 2.23. The van der Waals surface area contributed by atoms with E-state index in [1.165, 1.54) is 29.2 Å². The fourth-order valence-corrected chi connectivity index (χ4v) is 11.1. The summed E-state index contributed by atoms with van der Waals surface area (Å²) in [6.45, 7) is 2.36. The van der Waals surface area contributed by atoms with E-state index in [1.807, 2.05) is 6.07 Å². The zero-order valence-corrected chi connectivity index (χ0v) is 51.9. The molecule has 11 amide bonds. The third-order valence-electron chi connectivity index (χ3n) is 15.9. The van der Waals surface area contributed by atoms with Crippen molar-refractivity contribution in [3.05, 3.63) is 138 Å². The van der Waals surface area contributed by atoms with Crippen molar-refractivity contribution >= 4 is 81.8 Å². The Bertz CT molecular complexity index is 3470. The fraction of sp³-hybridized carbons (Fsp3) is 0.415. The predicted molar refractivity (Wildman–Crippen MR) is 342 cm³/mol. The van der Waals surface area contributed by atoms with Gasteiger partial charge in [0.05, 0.1) is 13.2 Å². The first kappa shape index (κ1) is 70.1. The quantitative estimate of drug-likeness (QED) is 0.0129. The van der Waals surface area contributed by atoms with Crippen LogP contribution in [0, 0.1) is 5.92 Å². The Labute approximate surface area is 537 Å². The number of aromatic hydroxyl groups is 1. The molecular formula is C65H83N15O13. The number of nitrogens with two attached hydrogens (primary N) is 3. The SMILES string of the molecule is CC(C)C[C@H](NC(=O)[C@@H](Cc1c[nH]c2ccccc12)NC(=O)[C@H](Cc1ccc(O)cc1)NC(=O)[C@H](CO)NC(=O)[C@@H](Cc1ccccc1)NC(=O)[C@@H](Cc1ccccc1)NC(=O)[C@@H]1CCC(=O)N1)C(=O)N[C@@H](CCCN=C(N)N)C(=O)N1CCC[C@H]1C(=O)NCC(N)=O. The number of phenolic OH excluding ortho intramolecular Hbond substituents is 1. The molecule has 7 rings (SSSR count). The molecule has 0 radical (unpaired) electrons. The highest BCUT2D eigenvalue weighted by Gasteiger charge is 2.40. The highest BCUT2D eigenvalue weighted by atomic mass is 16.3. The number of likely N-dealkylation sites (tertiary alicyclic amines) is 1. The topological polar surface area (TPSA) is 446 Å². The van der Waals surface area contributed by atoms with Gasteiger partial charge in [0.2, 0.25) is 65.0 Å². The largest absolute Gasteiger partial charge is 0.508 e. The smallest absolute Gasteiger partial charge is 0.245 e. The van der Waals surface area contributed by atoms with Crippen molar-refractivity contribution in [3.8, 4) is 5.75 Å². The summed E-state index contributed by atoms with van der Waals surface area (Å²) in [5, 5.41) is 45.8. The number of rotatable bonds is 33. The van der Waals surface area contributed by atoms with E-state index in [4.69, 9.17) is 17.2 Å². The molecule has 496 valence electrons. The summed E-state index contributed by atoms with van der Waals surface area (Å²) >= 11 is 0. The summed E-state index contributed by atoms with van der Waals surface area (Å²) < 4.78 is 0. The molecule has 4 aromatic carbocycles. The number of aliphatic hydroxyl groups is 1. The number of benzene rings is 4. The van der Waals surface area contributed by atoms with Gasteiger partial charge in [-0.15, -0.1) is 0 Å². The minimum atomic E-state index is -1.77. The number of carbonyl (C=O) groups excluding carboxylic acids is 11. The van der Waals surface area contributed by atoms with Gasteiger partial charge in [0.25, 0.3) is 0 Å². The lowest BCUT2D eigenvalue weighted by molar-refractivity contribution is -0.142. The summed E-state index contributed by atoms with van der Waals surface area (Å²) in [5.41, 5.74) is 19.3. The van der Waals surface area contributed by atoms with Gasteiger partial charge in [-0.25, -0.2) is 0 Å². The first-order valence-corrected chi connectivity index (χ1v) is 30.9. The van der Waals surface area contributed by atoms with Crippen LogP contribution in [0.15, 0.2) is 120 Å². The zero-order chi connectivity index (χ0) is 67.1. The molecule has 1 aromatic heterocycles. The van der Waals surface area contributed by atoms with Crippen molar-refractivity contribution in [2.45, 2.75) is 139 Å². The molecule has 0 unspecified atom stereocenters. The van der Waals surface area contributed by atoms with E-state index >= 15 is 9.59 Å². The Balaban J connectivity index is 1.14. The molecule has 28 nitrogen and oxygen atoms in total. The van der Waals surface area contributed by atoms with Crippen LogP contribution < -0.4 is 65.1 Å². The van der Waals surface area contributed by atoms with Crippen LogP contribution in [0.2, 0.25) is 0 Å². The maximum Gasteiger partial charge on any atom is 0.245 e. The molecule has 3 heterocycles. The summed E-state index contributed by atoms with van der Waals surface area (Å²) in [7, 11) is 0. The zero-order valence-electron chi connectivity index (χ0n) is 51.9.